The van der Waals surface area contributed by atoms with Crippen molar-refractivity contribution in [2.75, 3.05) is 23.3 Å². The van der Waals surface area contributed by atoms with E-state index in [2.05, 4.69) is 30.2 Å². The molecule has 0 bridgehead atoms. The fourth-order valence-electron chi connectivity index (χ4n) is 3.63. The summed E-state index contributed by atoms with van der Waals surface area (Å²) in [5.74, 6) is 0.513. The maximum Gasteiger partial charge on any atom is 0.573 e. The number of fused-ring (bicyclic) bond motifs is 1. The molecule has 6 nitrogen and oxygen atoms in total. The van der Waals surface area contributed by atoms with Gasteiger partial charge in [-0.3, -0.25) is 0 Å². The topological polar surface area (TPSA) is 62.3 Å². The summed E-state index contributed by atoms with van der Waals surface area (Å²) in [5, 5.41) is 7.77. The van der Waals surface area contributed by atoms with Gasteiger partial charge in [0.15, 0.2) is 10.9 Å². The predicted molar refractivity (Wildman–Crippen MR) is 122 cm³/mol. The molecule has 2 N–H and O–H groups in total. The highest BCUT2D eigenvalue weighted by atomic mass is 35.5. The quantitative estimate of drug-likeness (QED) is 0.500. The Hall–Kier alpha value is -2.85. The van der Waals surface area contributed by atoms with Gasteiger partial charge in [0.2, 0.25) is 0 Å². The molecule has 0 radical (unpaired) electrons. The molecule has 1 saturated heterocycles. The first-order chi connectivity index (χ1) is 15.3. The maximum absolute atomic E-state index is 12.6. The number of benzene rings is 2. The van der Waals surface area contributed by atoms with E-state index in [0.717, 1.165) is 42.7 Å². The standard InChI is InChI=1S/C21H19ClF3N5OS/c22-13-5-6-15-17(11-13)26-12-27-19(15)30-9-7-14(8-10-30)28-20(32)29-16-3-1-2-4-18(16)31-21(23,24)25/h1-6,11-12,14H,7-10H2,(H2,28,29,32). The molecule has 1 aliphatic rings. The molecule has 11 heteroatoms. The molecule has 0 aliphatic carbocycles. The molecule has 0 unspecified atom stereocenters. The van der Waals surface area contributed by atoms with Crippen molar-refractivity contribution in [2.45, 2.75) is 25.2 Å². The minimum absolute atomic E-state index is 0.0736. The van der Waals surface area contributed by atoms with E-state index in [9.17, 15) is 13.2 Å². The highest BCUT2D eigenvalue weighted by Gasteiger charge is 2.32. The second kappa shape index (κ2) is 9.33. The third kappa shape index (κ3) is 5.49. The lowest BCUT2D eigenvalue weighted by molar-refractivity contribution is -0.274. The number of anilines is 2. The molecular formula is C21H19ClF3N5OS. The molecule has 2 heterocycles. The van der Waals surface area contributed by atoms with E-state index < -0.39 is 6.36 Å². The molecule has 3 aromatic rings. The smallest absolute Gasteiger partial charge is 0.404 e. The molecule has 4 rings (SSSR count). The first-order valence-electron chi connectivity index (χ1n) is 9.86. The largest absolute Gasteiger partial charge is 0.573 e. The van der Waals surface area contributed by atoms with Crippen LogP contribution in [0.25, 0.3) is 10.9 Å². The molecule has 168 valence electrons. The van der Waals surface area contributed by atoms with Crippen molar-refractivity contribution in [2.24, 2.45) is 0 Å². The molecule has 0 spiro atoms. The van der Waals surface area contributed by atoms with Crippen molar-refractivity contribution in [3.8, 4) is 5.75 Å². The highest BCUT2D eigenvalue weighted by molar-refractivity contribution is 7.80. The molecule has 0 atom stereocenters. The van der Waals surface area contributed by atoms with Gasteiger partial charge in [-0.25, -0.2) is 9.97 Å². The average molecular weight is 482 g/mol. The number of halogens is 4. The lowest BCUT2D eigenvalue weighted by Crippen LogP contribution is -2.46. The third-order valence-corrected chi connectivity index (χ3v) is 5.52. The van der Waals surface area contributed by atoms with Crippen molar-refractivity contribution >= 4 is 51.3 Å². The van der Waals surface area contributed by atoms with Crippen molar-refractivity contribution < 1.29 is 17.9 Å². The van der Waals surface area contributed by atoms with Crippen molar-refractivity contribution in [1.82, 2.24) is 15.3 Å². The monoisotopic (exact) mass is 481 g/mol. The van der Waals surface area contributed by atoms with Gasteiger partial charge >= 0.3 is 6.36 Å². The first kappa shape index (κ1) is 22.3. The fourth-order valence-corrected chi connectivity index (χ4v) is 4.07. The summed E-state index contributed by atoms with van der Waals surface area (Å²) in [6, 6.07) is 11.4. The van der Waals surface area contributed by atoms with E-state index in [0.29, 0.717) is 5.02 Å². The van der Waals surface area contributed by atoms with E-state index in [1.54, 1.807) is 12.1 Å². The average Bonchev–Trinajstić information content (AvgIpc) is 2.74. The zero-order valence-corrected chi connectivity index (χ0v) is 18.3. The van der Waals surface area contributed by atoms with Crippen LogP contribution >= 0.6 is 23.8 Å². The molecule has 0 saturated carbocycles. The Kier molecular flexibility index (Phi) is 6.52. The minimum atomic E-state index is -4.78. The van der Waals surface area contributed by atoms with Crippen LogP contribution in [0.2, 0.25) is 5.02 Å². The molecule has 1 aliphatic heterocycles. The number of thiocarbonyl (C=S) groups is 1. The van der Waals surface area contributed by atoms with Gasteiger partial charge in [0.05, 0.1) is 11.2 Å². The van der Waals surface area contributed by atoms with Crippen LogP contribution in [0.15, 0.2) is 48.8 Å². The zero-order valence-electron chi connectivity index (χ0n) is 16.7. The van der Waals surface area contributed by atoms with Gasteiger partial charge < -0.3 is 20.3 Å². The fraction of sp³-hybridized carbons (Fsp3) is 0.286. The number of ether oxygens (including phenoxy) is 1. The van der Waals surface area contributed by atoms with E-state index in [1.165, 1.54) is 24.5 Å². The van der Waals surface area contributed by atoms with E-state index in [1.807, 2.05) is 12.1 Å². The summed E-state index contributed by atoms with van der Waals surface area (Å²) >= 11 is 11.4. The molecule has 0 amide bonds. The Balaban J connectivity index is 1.36. The van der Waals surface area contributed by atoms with Crippen LogP contribution in [0, 0.1) is 0 Å². The number of alkyl halides is 3. The van der Waals surface area contributed by atoms with Crippen LogP contribution in [0.1, 0.15) is 12.8 Å². The summed E-state index contributed by atoms with van der Waals surface area (Å²) in [7, 11) is 0. The third-order valence-electron chi connectivity index (χ3n) is 5.07. The summed E-state index contributed by atoms with van der Waals surface area (Å²) in [5.41, 5.74) is 0.929. The number of aromatic nitrogens is 2. The Morgan fingerprint density at radius 1 is 1.12 bits per heavy atom. The Morgan fingerprint density at radius 2 is 1.88 bits per heavy atom. The van der Waals surface area contributed by atoms with Crippen LogP contribution in [-0.4, -0.2) is 40.6 Å². The van der Waals surface area contributed by atoms with E-state index in [4.69, 9.17) is 23.8 Å². The van der Waals surface area contributed by atoms with Crippen molar-refractivity contribution in [1.29, 1.82) is 0 Å². The molecular weight excluding hydrogens is 463 g/mol. The van der Waals surface area contributed by atoms with Gasteiger partial charge in [-0.05, 0) is 55.4 Å². The van der Waals surface area contributed by atoms with Gasteiger partial charge in [0.1, 0.15) is 12.1 Å². The first-order valence-corrected chi connectivity index (χ1v) is 10.6. The lowest BCUT2D eigenvalue weighted by Gasteiger charge is -2.34. The van der Waals surface area contributed by atoms with Gasteiger partial charge in [0, 0.05) is 29.5 Å². The summed E-state index contributed by atoms with van der Waals surface area (Å²) in [4.78, 5) is 10.9. The number of nitrogens with one attached hydrogen (secondary N) is 2. The molecule has 1 aromatic heterocycles. The second-order valence-corrected chi connectivity index (χ2v) is 8.11. The SMILES string of the molecule is FC(F)(F)Oc1ccccc1NC(=S)NC1CCN(c2ncnc3cc(Cl)ccc23)CC1. The summed E-state index contributed by atoms with van der Waals surface area (Å²) < 4.78 is 41.9. The Bertz CT molecular complexity index is 1120. The Labute approximate surface area is 192 Å². The predicted octanol–water partition coefficient (Wildman–Crippen LogP) is 5.14. The zero-order chi connectivity index (χ0) is 22.7. The van der Waals surface area contributed by atoms with Crippen LogP contribution in [0.5, 0.6) is 5.75 Å². The number of para-hydroxylation sites is 2. The summed E-state index contributed by atoms with van der Waals surface area (Å²) in [6.07, 6.45) is -1.70. The van der Waals surface area contributed by atoms with E-state index in [-0.39, 0.29) is 22.6 Å². The van der Waals surface area contributed by atoms with Crippen molar-refractivity contribution in [3.05, 3.63) is 53.8 Å². The number of hydrogen-bond acceptors (Lipinski definition) is 5. The number of nitrogens with zero attached hydrogens (tertiary/aromatic N) is 3. The minimum Gasteiger partial charge on any atom is -0.404 e. The normalized spacial score (nSPS) is 14.9. The van der Waals surface area contributed by atoms with Gasteiger partial charge in [-0.1, -0.05) is 23.7 Å². The summed E-state index contributed by atoms with van der Waals surface area (Å²) in [6.45, 7) is 1.48. The maximum atomic E-state index is 12.6. The molecule has 2 aromatic carbocycles. The van der Waals surface area contributed by atoms with Gasteiger partial charge in [-0.2, -0.15) is 0 Å². The highest BCUT2D eigenvalue weighted by Crippen LogP contribution is 2.30. The lowest BCUT2D eigenvalue weighted by atomic mass is 10.0. The van der Waals surface area contributed by atoms with Gasteiger partial charge in [0.25, 0.3) is 0 Å². The molecule has 1 fully saturated rings. The molecule has 32 heavy (non-hydrogen) atoms. The van der Waals surface area contributed by atoms with Crippen LogP contribution in [-0.2, 0) is 0 Å². The number of piperidine rings is 1. The van der Waals surface area contributed by atoms with Crippen molar-refractivity contribution in [3.63, 3.8) is 0 Å². The van der Waals surface area contributed by atoms with Crippen LogP contribution < -0.4 is 20.3 Å². The number of rotatable bonds is 4. The van der Waals surface area contributed by atoms with E-state index >= 15 is 0 Å². The number of hydrogen-bond donors (Lipinski definition) is 2. The second-order valence-electron chi connectivity index (χ2n) is 7.26. The van der Waals surface area contributed by atoms with Crippen LogP contribution in [0.4, 0.5) is 24.7 Å². The van der Waals surface area contributed by atoms with Gasteiger partial charge in [-0.15, -0.1) is 13.2 Å². The van der Waals surface area contributed by atoms with Crippen LogP contribution in [0.3, 0.4) is 0 Å². The Morgan fingerprint density at radius 3 is 2.62 bits per heavy atom.